The normalized spacial score (nSPS) is 17.9. The Morgan fingerprint density at radius 3 is 2.65 bits per heavy atom. The summed E-state index contributed by atoms with van der Waals surface area (Å²) in [5.41, 5.74) is 0.0405. The van der Waals surface area contributed by atoms with Crippen molar-refractivity contribution in [1.82, 2.24) is 9.80 Å². The van der Waals surface area contributed by atoms with Gasteiger partial charge in [0.2, 0.25) is 6.41 Å². The number of carbonyl (C=O) groups excluding carboxylic acids is 1. The number of alkyl halides is 3. The third-order valence-corrected chi connectivity index (χ3v) is 3.43. The van der Waals surface area contributed by atoms with Crippen LogP contribution in [-0.4, -0.2) is 42.4 Å². The molecule has 2 rings (SSSR count). The molecule has 1 aliphatic rings. The first-order valence-electron chi connectivity index (χ1n) is 6.57. The number of hydrogen-bond acceptors (Lipinski definition) is 2. The van der Waals surface area contributed by atoms with Gasteiger partial charge in [-0.2, -0.15) is 13.2 Å². The standard InChI is InChI=1S/C14H17F3N2O/c15-14(16,17)13-4-1-3-12(9-13)10-18-5-2-6-19(11-20)8-7-18/h1,3-4,9,11H,2,5-8,10H2. The van der Waals surface area contributed by atoms with Gasteiger partial charge >= 0.3 is 6.18 Å². The number of amides is 1. The molecule has 1 amide bonds. The van der Waals surface area contributed by atoms with Crippen molar-refractivity contribution in [2.24, 2.45) is 0 Å². The summed E-state index contributed by atoms with van der Waals surface area (Å²) in [6.45, 7) is 3.30. The van der Waals surface area contributed by atoms with E-state index >= 15 is 0 Å². The predicted octanol–water partition coefficient (Wildman–Crippen LogP) is 2.37. The minimum absolute atomic E-state index is 0.483. The van der Waals surface area contributed by atoms with Crippen LogP contribution in [0.2, 0.25) is 0 Å². The zero-order chi connectivity index (χ0) is 14.6. The lowest BCUT2D eigenvalue weighted by Crippen LogP contribution is -2.29. The molecule has 0 saturated carbocycles. The van der Waals surface area contributed by atoms with Crippen molar-refractivity contribution < 1.29 is 18.0 Å². The lowest BCUT2D eigenvalue weighted by Gasteiger charge is -2.20. The Hall–Kier alpha value is -1.56. The molecule has 1 saturated heterocycles. The molecule has 20 heavy (non-hydrogen) atoms. The van der Waals surface area contributed by atoms with Crippen LogP contribution < -0.4 is 0 Å². The Bertz CT molecular complexity index is 462. The lowest BCUT2D eigenvalue weighted by atomic mass is 10.1. The van der Waals surface area contributed by atoms with Gasteiger partial charge in [-0.1, -0.05) is 18.2 Å². The van der Waals surface area contributed by atoms with Crippen LogP contribution >= 0.6 is 0 Å². The van der Waals surface area contributed by atoms with Crippen LogP contribution in [0.3, 0.4) is 0 Å². The lowest BCUT2D eigenvalue weighted by molar-refractivity contribution is -0.137. The van der Waals surface area contributed by atoms with Gasteiger partial charge in [0.05, 0.1) is 5.56 Å². The minimum atomic E-state index is -4.30. The van der Waals surface area contributed by atoms with Gasteiger partial charge in [-0.15, -0.1) is 0 Å². The van der Waals surface area contributed by atoms with Crippen LogP contribution in [0.1, 0.15) is 17.5 Å². The third-order valence-electron chi connectivity index (χ3n) is 3.43. The quantitative estimate of drug-likeness (QED) is 0.796. The first-order chi connectivity index (χ1) is 9.49. The van der Waals surface area contributed by atoms with E-state index in [1.54, 1.807) is 11.0 Å². The first-order valence-corrected chi connectivity index (χ1v) is 6.57. The maximum atomic E-state index is 12.6. The van der Waals surface area contributed by atoms with Crippen molar-refractivity contribution in [2.75, 3.05) is 26.2 Å². The molecule has 1 aromatic rings. The van der Waals surface area contributed by atoms with E-state index in [4.69, 9.17) is 0 Å². The van der Waals surface area contributed by atoms with E-state index in [1.807, 2.05) is 0 Å². The largest absolute Gasteiger partial charge is 0.416 e. The zero-order valence-corrected chi connectivity index (χ0v) is 11.1. The fourth-order valence-electron chi connectivity index (χ4n) is 2.36. The minimum Gasteiger partial charge on any atom is -0.344 e. The molecule has 0 spiro atoms. The highest BCUT2D eigenvalue weighted by Gasteiger charge is 2.30. The number of carbonyl (C=O) groups is 1. The Morgan fingerprint density at radius 2 is 1.95 bits per heavy atom. The number of nitrogens with zero attached hydrogens (tertiary/aromatic N) is 2. The van der Waals surface area contributed by atoms with Gasteiger partial charge in [0.15, 0.2) is 0 Å². The van der Waals surface area contributed by atoms with Crippen molar-refractivity contribution in [1.29, 1.82) is 0 Å². The Labute approximate surface area is 116 Å². The summed E-state index contributed by atoms with van der Waals surface area (Å²) >= 11 is 0. The van der Waals surface area contributed by atoms with E-state index in [0.717, 1.165) is 25.4 Å². The fourth-order valence-corrected chi connectivity index (χ4v) is 2.36. The van der Waals surface area contributed by atoms with Gasteiger partial charge in [0.1, 0.15) is 0 Å². The summed E-state index contributed by atoms with van der Waals surface area (Å²) in [5.74, 6) is 0. The number of rotatable bonds is 3. The highest BCUT2D eigenvalue weighted by molar-refractivity contribution is 5.46. The molecule has 0 aliphatic carbocycles. The Morgan fingerprint density at radius 1 is 1.15 bits per heavy atom. The van der Waals surface area contributed by atoms with Gasteiger partial charge in [0.25, 0.3) is 0 Å². The molecule has 0 bridgehead atoms. The second-order valence-electron chi connectivity index (χ2n) is 4.97. The van der Waals surface area contributed by atoms with E-state index in [1.165, 1.54) is 12.1 Å². The predicted molar refractivity (Wildman–Crippen MR) is 69.0 cm³/mol. The summed E-state index contributed by atoms with van der Waals surface area (Å²) in [4.78, 5) is 14.5. The second kappa shape index (κ2) is 6.26. The van der Waals surface area contributed by atoms with Crippen molar-refractivity contribution in [3.63, 3.8) is 0 Å². The van der Waals surface area contributed by atoms with Crippen LogP contribution in [0.25, 0.3) is 0 Å². The Balaban J connectivity index is 2.01. The van der Waals surface area contributed by atoms with Crippen LogP contribution in [0.4, 0.5) is 13.2 Å². The molecular formula is C14H17F3N2O. The van der Waals surface area contributed by atoms with Crippen molar-refractivity contribution in [3.05, 3.63) is 35.4 Å². The number of benzene rings is 1. The smallest absolute Gasteiger partial charge is 0.344 e. The molecule has 0 atom stereocenters. The molecule has 1 aliphatic heterocycles. The SMILES string of the molecule is O=CN1CCCN(Cc2cccc(C(F)(F)F)c2)CC1. The van der Waals surface area contributed by atoms with E-state index in [0.29, 0.717) is 31.7 Å². The second-order valence-corrected chi connectivity index (χ2v) is 4.97. The van der Waals surface area contributed by atoms with Gasteiger partial charge in [0, 0.05) is 32.7 Å². The van der Waals surface area contributed by atoms with Gasteiger partial charge in [-0.25, -0.2) is 0 Å². The number of halogens is 3. The van der Waals surface area contributed by atoms with E-state index in [9.17, 15) is 18.0 Å². The molecule has 0 unspecified atom stereocenters. The average molecular weight is 286 g/mol. The maximum Gasteiger partial charge on any atom is 0.416 e. The summed E-state index contributed by atoms with van der Waals surface area (Å²) in [6.07, 6.45) is -2.63. The molecule has 110 valence electrons. The van der Waals surface area contributed by atoms with Crippen molar-refractivity contribution in [3.8, 4) is 0 Å². The van der Waals surface area contributed by atoms with E-state index < -0.39 is 11.7 Å². The molecular weight excluding hydrogens is 269 g/mol. The third kappa shape index (κ3) is 3.96. The summed E-state index contributed by atoms with van der Waals surface area (Å²) in [7, 11) is 0. The highest BCUT2D eigenvalue weighted by Crippen LogP contribution is 2.29. The molecule has 0 N–H and O–H groups in total. The molecule has 1 aromatic carbocycles. The topological polar surface area (TPSA) is 23.6 Å². The highest BCUT2D eigenvalue weighted by atomic mass is 19.4. The van der Waals surface area contributed by atoms with Crippen molar-refractivity contribution >= 4 is 6.41 Å². The molecule has 0 radical (unpaired) electrons. The monoisotopic (exact) mass is 286 g/mol. The van der Waals surface area contributed by atoms with Gasteiger partial charge in [-0.05, 0) is 18.1 Å². The molecule has 6 heteroatoms. The van der Waals surface area contributed by atoms with Gasteiger partial charge in [-0.3, -0.25) is 9.69 Å². The fraction of sp³-hybridized carbons (Fsp3) is 0.500. The summed E-state index contributed by atoms with van der Waals surface area (Å²) in [6, 6.07) is 5.42. The van der Waals surface area contributed by atoms with Crippen LogP contribution in [0.15, 0.2) is 24.3 Å². The maximum absolute atomic E-state index is 12.6. The Kier molecular flexibility index (Phi) is 4.65. The van der Waals surface area contributed by atoms with Crippen LogP contribution in [-0.2, 0) is 17.5 Å². The summed E-state index contributed by atoms with van der Waals surface area (Å²) in [5, 5.41) is 0. The zero-order valence-electron chi connectivity index (χ0n) is 11.1. The van der Waals surface area contributed by atoms with Gasteiger partial charge < -0.3 is 4.90 Å². The van der Waals surface area contributed by atoms with E-state index in [-0.39, 0.29) is 0 Å². The van der Waals surface area contributed by atoms with E-state index in [2.05, 4.69) is 4.90 Å². The van der Waals surface area contributed by atoms with Crippen molar-refractivity contribution in [2.45, 2.75) is 19.1 Å². The molecule has 3 nitrogen and oxygen atoms in total. The molecule has 1 fully saturated rings. The first kappa shape index (κ1) is 14.8. The summed E-state index contributed by atoms with van der Waals surface area (Å²) < 4.78 is 37.9. The average Bonchev–Trinajstić information content (AvgIpc) is 2.63. The molecule has 1 heterocycles. The molecule has 0 aromatic heterocycles. The van der Waals surface area contributed by atoms with Crippen LogP contribution in [0.5, 0.6) is 0 Å². The van der Waals surface area contributed by atoms with Crippen LogP contribution in [0, 0.1) is 0 Å². The number of hydrogen-bond donors (Lipinski definition) is 0.